The molecule has 0 bridgehead atoms. The third-order valence-corrected chi connectivity index (χ3v) is 6.82. The number of nitrogens with zero attached hydrogens (tertiary/aromatic N) is 2. The lowest BCUT2D eigenvalue weighted by atomic mass is 10.1. The molecule has 1 aliphatic heterocycles. The van der Waals surface area contributed by atoms with Gasteiger partial charge in [-0.2, -0.15) is 0 Å². The smallest absolute Gasteiger partial charge is 0.263 e. The molecule has 28 heavy (non-hydrogen) atoms. The van der Waals surface area contributed by atoms with Crippen LogP contribution in [0.25, 0.3) is 10.2 Å². The normalized spacial score (nSPS) is 16.8. The van der Waals surface area contributed by atoms with Crippen molar-refractivity contribution in [1.29, 1.82) is 0 Å². The minimum Gasteiger partial charge on any atom is -0.383 e. The zero-order valence-electron chi connectivity index (χ0n) is 16.6. The Balaban J connectivity index is 1.90. The first-order valence-electron chi connectivity index (χ1n) is 9.58. The van der Waals surface area contributed by atoms with Crippen molar-refractivity contribution in [1.82, 2.24) is 14.9 Å². The van der Waals surface area contributed by atoms with Crippen molar-refractivity contribution >= 4 is 39.2 Å². The average molecular weight is 426 g/mol. The lowest BCUT2D eigenvalue weighted by molar-refractivity contribution is -0.118. The molecule has 1 aliphatic rings. The van der Waals surface area contributed by atoms with Crippen LogP contribution in [0.4, 0.5) is 0 Å². The predicted octanol–water partition coefficient (Wildman–Crippen LogP) is 2.36. The molecule has 0 radical (unpaired) electrons. The first kappa shape index (κ1) is 21.3. The number of carbonyl (C=O) groups excluding carboxylic acids is 1. The largest absolute Gasteiger partial charge is 0.383 e. The van der Waals surface area contributed by atoms with Gasteiger partial charge in [0.15, 0.2) is 5.16 Å². The van der Waals surface area contributed by atoms with Crippen molar-refractivity contribution < 1.29 is 14.3 Å². The molecule has 154 valence electrons. The topological polar surface area (TPSA) is 82.4 Å². The second kappa shape index (κ2) is 9.87. The Labute approximate surface area is 172 Å². The maximum atomic E-state index is 13.3. The third-order valence-electron chi connectivity index (χ3n) is 4.80. The van der Waals surface area contributed by atoms with Crippen LogP contribution in [0.2, 0.25) is 0 Å². The molecule has 7 nitrogen and oxygen atoms in total. The zero-order chi connectivity index (χ0) is 20.1. The molecule has 1 amide bonds. The number of nitrogens with one attached hydrogen (secondary N) is 1. The number of aromatic nitrogens is 2. The third kappa shape index (κ3) is 4.76. The van der Waals surface area contributed by atoms with Gasteiger partial charge in [0.25, 0.3) is 5.56 Å². The number of rotatable bonds is 9. The molecule has 2 aromatic rings. The lowest BCUT2D eigenvalue weighted by Gasteiger charge is -2.16. The standard InChI is InChI=1S/C19H27N3O4S2/c1-4-14-12(2)28-17-16(14)18(24)22(10-13-6-5-8-26-13)19(21-17)27-11-15(23)20-7-9-25-3/h13H,4-11H2,1-3H3,(H,20,23)/t13-/m1/s1. The second-order valence-electron chi connectivity index (χ2n) is 6.75. The van der Waals surface area contributed by atoms with E-state index in [1.807, 2.05) is 6.92 Å². The zero-order valence-corrected chi connectivity index (χ0v) is 18.2. The van der Waals surface area contributed by atoms with Crippen LogP contribution in [0, 0.1) is 6.92 Å². The summed E-state index contributed by atoms with van der Waals surface area (Å²) < 4.78 is 12.4. The number of carbonyl (C=O) groups is 1. The molecule has 3 rings (SSSR count). The maximum Gasteiger partial charge on any atom is 0.263 e. The van der Waals surface area contributed by atoms with E-state index in [1.54, 1.807) is 23.0 Å². The lowest BCUT2D eigenvalue weighted by Crippen LogP contribution is -2.31. The van der Waals surface area contributed by atoms with Gasteiger partial charge in [0.05, 0.1) is 30.4 Å². The van der Waals surface area contributed by atoms with Crippen LogP contribution >= 0.6 is 23.1 Å². The summed E-state index contributed by atoms with van der Waals surface area (Å²) in [6, 6.07) is 0. The first-order valence-corrected chi connectivity index (χ1v) is 11.4. The van der Waals surface area contributed by atoms with Crippen LogP contribution in [0.3, 0.4) is 0 Å². The van der Waals surface area contributed by atoms with E-state index in [-0.39, 0.29) is 23.3 Å². The fraction of sp³-hybridized carbons (Fsp3) is 0.632. The summed E-state index contributed by atoms with van der Waals surface area (Å²) >= 11 is 2.85. The van der Waals surface area contributed by atoms with Crippen molar-refractivity contribution in [3.63, 3.8) is 0 Å². The summed E-state index contributed by atoms with van der Waals surface area (Å²) in [5.74, 6) is 0.106. The molecule has 1 fully saturated rings. The molecule has 2 aromatic heterocycles. The highest BCUT2D eigenvalue weighted by Crippen LogP contribution is 2.30. The SMILES string of the molecule is CCc1c(C)sc2nc(SCC(=O)NCCOC)n(C[C@H]3CCCO3)c(=O)c12. The van der Waals surface area contributed by atoms with Gasteiger partial charge in [0.2, 0.25) is 5.91 Å². The van der Waals surface area contributed by atoms with Gasteiger partial charge in [-0.15, -0.1) is 11.3 Å². The van der Waals surface area contributed by atoms with Gasteiger partial charge >= 0.3 is 0 Å². The molecule has 0 aromatic carbocycles. The number of amides is 1. The fourth-order valence-corrected chi connectivity index (χ4v) is 5.39. The Hall–Kier alpha value is -1.42. The van der Waals surface area contributed by atoms with Gasteiger partial charge in [-0.05, 0) is 31.7 Å². The van der Waals surface area contributed by atoms with E-state index in [2.05, 4.69) is 12.2 Å². The van der Waals surface area contributed by atoms with Crippen LogP contribution in [-0.2, 0) is 27.2 Å². The number of hydrogen-bond acceptors (Lipinski definition) is 7. The minimum absolute atomic E-state index is 0.0241. The molecule has 1 saturated heterocycles. The molecule has 3 heterocycles. The van der Waals surface area contributed by atoms with Crippen LogP contribution in [0.1, 0.15) is 30.2 Å². The summed E-state index contributed by atoms with van der Waals surface area (Å²) in [7, 11) is 1.59. The quantitative estimate of drug-likeness (QED) is 0.377. The monoisotopic (exact) mass is 425 g/mol. The van der Waals surface area contributed by atoms with Gasteiger partial charge < -0.3 is 14.8 Å². The summed E-state index contributed by atoms with van der Waals surface area (Å²) in [5.41, 5.74) is 1.05. The summed E-state index contributed by atoms with van der Waals surface area (Å²) in [6.45, 7) is 6.24. The van der Waals surface area contributed by atoms with Gasteiger partial charge in [-0.1, -0.05) is 18.7 Å². The van der Waals surface area contributed by atoms with Crippen LogP contribution in [-0.4, -0.2) is 54.2 Å². The van der Waals surface area contributed by atoms with Gasteiger partial charge in [-0.3, -0.25) is 14.2 Å². The van der Waals surface area contributed by atoms with E-state index in [1.165, 1.54) is 11.8 Å². The van der Waals surface area contributed by atoms with E-state index in [9.17, 15) is 9.59 Å². The van der Waals surface area contributed by atoms with E-state index < -0.39 is 0 Å². The number of hydrogen-bond donors (Lipinski definition) is 1. The van der Waals surface area contributed by atoms with Crippen molar-refractivity contribution in [2.24, 2.45) is 0 Å². The van der Waals surface area contributed by atoms with Crippen LogP contribution < -0.4 is 10.9 Å². The van der Waals surface area contributed by atoms with E-state index in [0.29, 0.717) is 24.9 Å². The Bertz CT molecular complexity index is 887. The summed E-state index contributed by atoms with van der Waals surface area (Å²) in [5, 5.41) is 4.10. The van der Waals surface area contributed by atoms with Gasteiger partial charge in [-0.25, -0.2) is 4.98 Å². The highest BCUT2D eigenvalue weighted by Gasteiger charge is 2.23. The highest BCUT2D eigenvalue weighted by molar-refractivity contribution is 7.99. The van der Waals surface area contributed by atoms with Crippen molar-refractivity contribution in [2.45, 2.75) is 50.9 Å². The molecule has 1 atom stereocenters. The number of thioether (sulfide) groups is 1. The Morgan fingerprint density at radius 3 is 3.00 bits per heavy atom. The van der Waals surface area contributed by atoms with Crippen molar-refractivity contribution in [2.75, 3.05) is 32.6 Å². The Morgan fingerprint density at radius 1 is 1.50 bits per heavy atom. The van der Waals surface area contributed by atoms with Gasteiger partial charge in [0.1, 0.15) is 4.83 Å². The number of ether oxygens (including phenoxy) is 2. The number of aryl methyl sites for hydroxylation is 2. The van der Waals surface area contributed by atoms with E-state index in [0.717, 1.165) is 46.5 Å². The molecular weight excluding hydrogens is 398 g/mol. The van der Waals surface area contributed by atoms with Crippen molar-refractivity contribution in [3.05, 3.63) is 20.8 Å². The van der Waals surface area contributed by atoms with E-state index in [4.69, 9.17) is 14.5 Å². The predicted molar refractivity (Wildman–Crippen MR) is 113 cm³/mol. The number of fused-ring (bicyclic) bond motifs is 1. The minimum atomic E-state index is -0.100. The van der Waals surface area contributed by atoms with Crippen LogP contribution in [0.15, 0.2) is 9.95 Å². The molecular formula is C19H27N3O4S2. The molecule has 9 heteroatoms. The Morgan fingerprint density at radius 2 is 2.32 bits per heavy atom. The number of thiophene rings is 1. The van der Waals surface area contributed by atoms with E-state index >= 15 is 0 Å². The molecule has 1 N–H and O–H groups in total. The second-order valence-corrected chi connectivity index (χ2v) is 8.89. The molecule has 0 aliphatic carbocycles. The fourth-order valence-electron chi connectivity index (χ4n) is 3.39. The van der Waals surface area contributed by atoms with Crippen molar-refractivity contribution in [3.8, 4) is 0 Å². The maximum absolute atomic E-state index is 13.3. The molecule has 0 unspecified atom stereocenters. The average Bonchev–Trinajstić information content (AvgIpc) is 3.29. The molecule has 0 saturated carbocycles. The molecule has 0 spiro atoms. The highest BCUT2D eigenvalue weighted by atomic mass is 32.2. The van der Waals surface area contributed by atoms with Gasteiger partial charge in [0, 0.05) is 25.1 Å². The summed E-state index contributed by atoms with van der Waals surface area (Å²) in [4.78, 5) is 32.0. The Kier molecular flexibility index (Phi) is 7.50. The first-order chi connectivity index (χ1) is 13.5. The van der Waals surface area contributed by atoms with Crippen LogP contribution in [0.5, 0.6) is 0 Å². The number of methoxy groups -OCH3 is 1. The summed E-state index contributed by atoms with van der Waals surface area (Å²) in [6.07, 6.45) is 2.78.